The number of piperidine rings is 2. The molecular formula is C24H30N4O4. The molecule has 1 atom stereocenters. The minimum Gasteiger partial charge on any atom is -0.369 e. The van der Waals surface area contributed by atoms with Gasteiger partial charge in [0.1, 0.15) is 0 Å². The van der Waals surface area contributed by atoms with Crippen LogP contribution in [0.5, 0.6) is 0 Å². The molecule has 0 saturated carbocycles. The highest BCUT2D eigenvalue weighted by Gasteiger charge is 2.42. The highest BCUT2D eigenvalue weighted by atomic mass is 16.7. The van der Waals surface area contributed by atoms with Gasteiger partial charge >= 0.3 is 0 Å². The van der Waals surface area contributed by atoms with Crippen molar-refractivity contribution >= 4 is 11.6 Å². The van der Waals surface area contributed by atoms with Gasteiger partial charge in [0.25, 0.3) is 5.56 Å². The van der Waals surface area contributed by atoms with E-state index in [1.54, 1.807) is 12.3 Å². The lowest BCUT2D eigenvalue weighted by Crippen LogP contribution is -2.51. The van der Waals surface area contributed by atoms with Gasteiger partial charge in [-0.1, -0.05) is 30.3 Å². The smallest absolute Gasteiger partial charge is 0.269 e. The molecule has 1 aromatic heterocycles. The second-order valence-electron chi connectivity index (χ2n) is 8.91. The Labute approximate surface area is 187 Å². The van der Waals surface area contributed by atoms with Gasteiger partial charge in [-0.05, 0) is 18.4 Å². The predicted molar refractivity (Wildman–Crippen MR) is 119 cm³/mol. The molecule has 170 valence electrons. The number of ether oxygens (including phenoxy) is 2. The number of amides is 1. The zero-order valence-corrected chi connectivity index (χ0v) is 18.3. The summed E-state index contributed by atoms with van der Waals surface area (Å²) in [5.41, 5.74) is 1.70. The van der Waals surface area contributed by atoms with E-state index in [1.807, 2.05) is 35.2 Å². The topological polar surface area (TPSA) is 76.9 Å². The van der Waals surface area contributed by atoms with E-state index < -0.39 is 5.79 Å². The van der Waals surface area contributed by atoms with E-state index in [2.05, 4.69) is 10.00 Å². The molecule has 3 aliphatic rings. The minimum absolute atomic E-state index is 0.0602. The lowest BCUT2D eigenvalue weighted by Gasteiger charge is -2.40. The van der Waals surface area contributed by atoms with Crippen LogP contribution in [0.2, 0.25) is 0 Å². The van der Waals surface area contributed by atoms with Gasteiger partial charge in [0, 0.05) is 45.1 Å². The Hall–Kier alpha value is -2.71. The highest BCUT2D eigenvalue weighted by molar-refractivity contribution is 5.80. The lowest BCUT2D eigenvalue weighted by molar-refractivity contribution is -0.188. The maximum atomic E-state index is 13.2. The molecule has 3 saturated heterocycles. The lowest BCUT2D eigenvalue weighted by atomic mass is 9.94. The number of hydrogen-bond acceptors (Lipinski definition) is 6. The highest BCUT2D eigenvalue weighted by Crippen LogP contribution is 2.32. The molecule has 1 aromatic carbocycles. The van der Waals surface area contributed by atoms with Crippen LogP contribution < -0.4 is 10.5 Å². The van der Waals surface area contributed by atoms with Crippen LogP contribution in [0.1, 0.15) is 31.2 Å². The van der Waals surface area contributed by atoms with E-state index in [4.69, 9.17) is 9.47 Å². The summed E-state index contributed by atoms with van der Waals surface area (Å²) >= 11 is 0. The summed E-state index contributed by atoms with van der Waals surface area (Å²) in [4.78, 5) is 29.9. The first kappa shape index (κ1) is 21.2. The van der Waals surface area contributed by atoms with Crippen LogP contribution in [0.4, 0.5) is 5.69 Å². The normalized spacial score (nSPS) is 22.9. The van der Waals surface area contributed by atoms with Crippen molar-refractivity contribution in [3.63, 3.8) is 0 Å². The Morgan fingerprint density at radius 2 is 1.84 bits per heavy atom. The molecule has 3 aliphatic heterocycles. The number of likely N-dealkylation sites (tertiary alicyclic amines) is 1. The molecule has 5 rings (SSSR count). The fraction of sp³-hybridized carbons (Fsp3) is 0.542. The quantitative estimate of drug-likeness (QED) is 0.726. The number of anilines is 1. The maximum Gasteiger partial charge on any atom is 0.269 e. The average molecular weight is 439 g/mol. The van der Waals surface area contributed by atoms with Gasteiger partial charge < -0.3 is 19.3 Å². The van der Waals surface area contributed by atoms with Crippen molar-refractivity contribution < 1.29 is 14.3 Å². The molecule has 32 heavy (non-hydrogen) atoms. The van der Waals surface area contributed by atoms with Gasteiger partial charge in [0.2, 0.25) is 5.91 Å². The molecule has 0 aliphatic carbocycles. The molecule has 0 radical (unpaired) electrons. The average Bonchev–Trinajstić information content (AvgIpc) is 3.29. The van der Waals surface area contributed by atoms with Crippen molar-refractivity contribution in [2.75, 3.05) is 44.3 Å². The zero-order valence-electron chi connectivity index (χ0n) is 18.3. The second-order valence-corrected chi connectivity index (χ2v) is 8.91. The standard InChI is InChI=1S/C24H30N4O4/c29-22-15-21(16-25-28(22)17-19-5-2-1-3-6-19)27-10-4-7-20(18-27)23(30)26-11-8-24(9-12-26)31-13-14-32-24/h1-3,5-6,15-16,20H,4,7-14,17-18H2. The Morgan fingerprint density at radius 1 is 1.09 bits per heavy atom. The molecule has 2 aromatic rings. The number of hydrogen-bond donors (Lipinski definition) is 0. The van der Waals surface area contributed by atoms with Crippen LogP contribution >= 0.6 is 0 Å². The maximum absolute atomic E-state index is 13.2. The summed E-state index contributed by atoms with van der Waals surface area (Å²) in [6.07, 6.45) is 5.02. The predicted octanol–water partition coefficient (Wildman–Crippen LogP) is 1.87. The SMILES string of the molecule is O=C(C1CCCN(c2cnn(Cc3ccccc3)c(=O)c2)C1)N1CCC2(CC1)OCCO2. The Bertz CT molecular complexity index is 993. The Kier molecular flexibility index (Phi) is 5.97. The summed E-state index contributed by atoms with van der Waals surface area (Å²) in [6, 6.07) is 11.5. The molecular weight excluding hydrogens is 408 g/mol. The molecule has 1 amide bonds. The van der Waals surface area contributed by atoms with Gasteiger partial charge in [0.15, 0.2) is 5.79 Å². The van der Waals surface area contributed by atoms with E-state index in [9.17, 15) is 9.59 Å². The molecule has 4 heterocycles. The molecule has 3 fully saturated rings. The van der Waals surface area contributed by atoms with E-state index in [0.29, 0.717) is 39.4 Å². The third-order valence-electron chi connectivity index (χ3n) is 6.82. The Balaban J connectivity index is 1.21. The zero-order chi connectivity index (χ0) is 22.0. The molecule has 8 nitrogen and oxygen atoms in total. The van der Waals surface area contributed by atoms with E-state index in [1.165, 1.54) is 4.68 Å². The fourth-order valence-corrected chi connectivity index (χ4v) is 5.00. The molecule has 8 heteroatoms. The first-order valence-electron chi connectivity index (χ1n) is 11.5. The van der Waals surface area contributed by atoms with Gasteiger partial charge in [0.05, 0.1) is 37.6 Å². The van der Waals surface area contributed by atoms with Crippen LogP contribution in [0.25, 0.3) is 0 Å². The van der Waals surface area contributed by atoms with Gasteiger partial charge in [-0.15, -0.1) is 0 Å². The van der Waals surface area contributed by atoms with Crippen molar-refractivity contribution in [1.29, 1.82) is 0 Å². The molecule has 0 N–H and O–H groups in total. The number of rotatable bonds is 4. The number of carbonyl (C=O) groups is 1. The number of aromatic nitrogens is 2. The minimum atomic E-state index is -0.468. The largest absolute Gasteiger partial charge is 0.369 e. The van der Waals surface area contributed by atoms with Gasteiger partial charge in [-0.2, -0.15) is 5.10 Å². The van der Waals surface area contributed by atoms with Crippen LogP contribution in [-0.2, 0) is 20.8 Å². The summed E-state index contributed by atoms with van der Waals surface area (Å²) in [5.74, 6) is -0.326. The van der Waals surface area contributed by atoms with E-state index in [0.717, 1.165) is 43.5 Å². The second kappa shape index (κ2) is 9.03. The van der Waals surface area contributed by atoms with Crippen LogP contribution in [-0.4, -0.2) is 65.8 Å². The van der Waals surface area contributed by atoms with Crippen LogP contribution in [0.15, 0.2) is 47.4 Å². The summed E-state index contributed by atoms with van der Waals surface area (Å²) in [7, 11) is 0. The van der Waals surface area contributed by atoms with Crippen molar-refractivity contribution in [3.05, 3.63) is 58.5 Å². The number of benzene rings is 1. The summed E-state index contributed by atoms with van der Waals surface area (Å²) < 4.78 is 13.0. The monoisotopic (exact) mass is 438 g/mol. The van der Waals surface area contributed by atoms with E-state index >= 15 is 0 Å². The fourth-order valence-electron chi connectivity index (χ4n) is 5.00. The van der Waals surface area contributed by atoms with E-state index in [-0.39, 0.29) is 17.4 Å². The van der Waals surface area contributed by atoms with Crippen molar-refractivity contribution in [2.45, 2.75) is 38.0 Å². The molecule has 1 spiro atoms. The first-order chi connectivity index (χ1) is 15.6. The van der Waals surface area contributed by atoms with Gasteiger partial charge in [-0.25, -0.2) is 4.68 Å². The summed E-state index contributed by atoms with van der Waals surface area (Å²) in [5, 5.41) is 4.39. The third-order valence-corrected chi connectivity index (χ3v) is 6.82. The van der Waals surface area contributed by atoms with Crippen molar-refractivity contribution in [3.8, 4) is 0 Å². The van der Waals surface area contributed by atoms with Crippen molar-refractivity contribution in [1.82, 2.24) is 14.7 Å². The number of carbonyl (C=O) groups excluding carboxylic acids is 1. The van der Waals surface area contributed by atoms with Crippen LogP contribution in [0.3, 0.4) is 0 Å². The molecule has 1 unspecified atom stereocenters. The summed E-state index contributed by atoms with van der Waals surface area (Å²) in [6.45, 7) is 4.53. The number of nitrogens with zero attached hydrogens (tertiary/aromatic N) is 4. The molecule has 0 bridgehead atoms. The Morgan fingerprint density at radius 3 is 2.56 bits per heavy atom. The third kappa shape index (κ3) is 4.42. The van der Waals surface area contributed by atoms with Crippen LogP contribution in [0, 0.1) is 5.92 Å². The van der Waals surface area contributed by atoms with Crippen molar-refractivity contribution in [2.24, 2.45) is 5.92 Å². The first-order valence-corrected chi connectivity index (χ1v) is 11.5. The van der Waals surface area contributed by atoms with Gasteiger partial charge in [-0.3, -0.25) is 9.59 Å².